The first-order valence-electron chi connectivity index (χ1n) is 2.62. The Labute approximate surface area is 66.8 Å². The number of rotatable bonds is 4. The molecule has 0 saturated carbocycles. The van der Waals surface area contributed by atoms with Crippen LogP contribution in [-0.2, 0) is 10.9 Å². The lowest BCUT2D eigenvalue weighted by atomic mass is 10.8. The highest BCUT2D eigenvalue weighted by molar-refractivity contribution is 7.96. The van der Waals surface area contributed by atoms with Crippen LogP contribution in [0.1, 0.15) is 0 Å². The van der Waals surface area contributed by atoms with E-state index >= 15 is 0 Å². The van der Waals surface area contributed by atoms with Crippen LogP contribution >= 0.6 is 0 Å². The highest BCUT2D eigenvalue weighted by Gasteiger charge is 2.01. The Bertz CT molecular complexity index is 71.0. The molecule has 0 nitrogen and oxygen atoms in total. The minimum Gasteiger partial charge on any atom is -1.00 e. The molecule has 0 spiro atoms. The molecule has 0 radical (unpaired) electrons. The van der Waals surface area contributed by atoms with Crippen molar-refractivity contribution in [2.24, 2.45) is 0 Å². The van der Waals surface area contributed by atoms with E-state index in [2.05, 4.69) is 19.4 Å². The average molecular weight is 165 g/mol. The fourth-order valence-electron chi connectivity index (χ4n) is 0.470. The van der Waals surface area contributed by atoms with Gasteiger partial charge in [0.2, 0.25) is 0 Å². The zero-order valence-corrected chi connectivity index (χ0v) is 7.34. The summed E-state index contributed by atoms with van der Waals surface area (Å²) in [6.45, 7) is 7.31. The van der Waals surface area contributed by atoms with E-state index < -0.39 is 0 Å². The van der Waals surface area contributed by atoms with Crippen molar-refractivity contribution in [3.05, 3.63) is 25.3 Å². The van der Waals surface area contributed by atoms with E-state index in [1.165, 1.54) is 0 Å². The van der Waals surface area contributed by atoms with Gasteiger partial charge in [0.1, 0.15) is 11.5 Å². The van der Waals surface area contributed by atoms with Gasteiger partial charge in [-0.3, -0.25) is 0 Å². The molecular weight excluding hydrogens is 152 g/mol. The predicted molar refractivity (Wildman–Crippen MR) is 43.4 cm³/mol. The van der Waals surface area contributed by atoms with Gasteiger partial charge in [-0.1, -0.05) is 13.2 Å². The van der Waals surface area contributed by atoms with Crippen molar-refractivity contribution in [2.75, 3.05) is 17.8 Å². The van der Waals surface area contributed by atoms with Gasteiger partial charge in [0.05, 0.1) is 6.26 Å². The van der Waals surface area contributed by atoms with E-state index in [-0.39, 0.29) is 12.4 Å². The summed E-state index contributed by atoms with van der Waals surface area (Å²) in [5, 5.41) is 0. The number of hydrogen-bond acceptors (Lipinski definition) is 0. The Balaban J connectivity index is 0. The van der Waals surface area contributed by atoms with Crippen LogP contribution in [0.5, 0.6) is 0 Å². The van der Waals surface area contributed by atoms with E-state index in [4.69, 9.17) is 0 Å². The summed E-state index contributed by atoms with van der Waals surface area (Å²) < 4.78 is 0. The summed E-state index contributed by atoms with van der Waals surface area (Å²) in [4.78, 5) is 0. The molecule has 0 aromatic carbocycles. The maximum Gasteiger partial charge on any atom is 0.126 e. The molecule has 0 bridgehead atoms. The number of halogens is 1. The summed E-state index contributed by atoms with van der Waals surface area (Å²) in [6, 6.07) is 0. The molecular formula is C7H13ClS. The lowest BCUT2D eigenvalue weighted by molar-refractivity contribution is -0.00000178. The minimum absolute atomic E-state index is 0. The largest absolute Gasteiger partial charge is 1.00 e. The SMILES string of the molecule is C=CC[S+](C)CC=C.[Cl-]. The highest BCUT2D eigenvalue weighted by Crippen LogP contribution is 1.90. The van der Waals surface area contributed by atoms with Crippen molar-refractivity contribution in [3.8, 4) is 0 Å². The molecule has 0 atom stereocenters. The first-order chi connectivity index (χ1) is 3.81. The van der Waals surface area contributed by atoms with Crippen LogP contribution < -0.4 is 12.4 Å². The summed E-state index contributed by atoms with van der Waals surface area (Å²) in [6.07, 6.45) is 6.16. The molecule has 2 heteroatoms. The van der Waals surface area contributed by atoms with Gasteiger partial charge in [-0.25, -0.2) is 0 Å². The molecule has 9 heavy (non-hydrogen) atoms. The van der Waals surface area contributed by atoms with E-state index in [1.807, 2.05) is 12.2 Å². The average Bonchev–Trinajstić information content (AvgIpc) is 1.68. The van der Waals surface area contributed by atoms with E-state index in [9.17, 15) is 0 Å². The van der Waals surface area contributed by atoms with Crippen LogP contribution in [0.2, 0.25) is 0 Å². The third kappa shape index (κ3) is 8.12. The maximum absolute atomic E-state index is 3.66. The molecule has 0 amide bonds. The molecule has 0 N–H and O–H groups in total. The zero-order valence-electron chi connectivity index (χ0n) is 5.77. The van der Waals surface area contributed by atoms with Gasteiger partial charge >= 0.3 is 0 Å². The maximum atomic E-state index is 3.66. The van der Waals surface area contributed by atoms with Crippen molar-refractivity contribution in [2.45, 2.75) is 0 Å². The van der Waals surface area contributed by atoms with Gasteiger partial charge < -0.3 is 12.4 Å². The second kappa shape index (κ2) is 8.12. The van der Waals surface area contributed by atoms with Crippen molar-refractivity contribution in [1.82, 2.24) is 0 Å². The Morgan fingerprint density at radius 3 is 1.78 bits per heavy atom. The summed E-state index contributed by atoms with van der Waals surface area (Å²) >= 11 is 0. The Morgan fingerprint density at radius 2 is 1.56 bits per heavy atom. The van der Waals surface area contributed by atoms with E-state index in [0.717, 1.165) is 11.5 Å². The van der Waals surface area contributed by atoms with Gasteiger partial charge in [-0.15, -0.1) is 0 Å². The molecule has 54 valence electrons. The summed E-state index contributed by atoms with van der Waals surface area (Å²) in [5.41, 5.74) is 0. The highest BCUT2D eigenvalue weighted by atomic mass is 35.5. The van der Waals surface area contributed by atoms with Gasteiger partial charge in [-0.2, -0.15) is 0 Å². The van der Waals surface area contributed by atoms with E-state index in [0.29, 0.717) is 10.9 Å². The molecule has 0 aliphatic rings. The van der Waals surface area contributed by atoms with Crippen molar-refractivity contribution >= 4 is 10.9 Å². The molecule has 0 saturated heterocycles. The molecule has 0 aromatic rings. The fraction of sp³-hybridized carbons (Fsp3) is 0.429. The predicted octanol–water partition coefficient (Wildman–Crippen LogP) is -1.39. The molecule has 0 aliphatic heterocycles. The summed E-state index contributed by atoms with van der Waals surface area (Å²) in [5.74, 6) is 2.26. The first kappa shape index (κ1) is 11.9. The van der Waals surface area contributed by atoms with Gasteiger partial charge in [0.15, 0.2) is 0 Å². The lowest BCUT2D eigenvalue weighted by Gasteiger charge is -1.92. The van der Waals surface area contributed by atoms with Gasteiger partial charge in [-0.05, 0) is 23.0 Å². The van der Waals surface area contributed by atoms with Crippen LogP contribution in [0.3, 0.4) is 0 Å². The van der Waals surface area contributed by atoms with Crippen LogP contribution in [0.25, 0.3) is 0 Å². The van der Waals surface area contributed by atoms with Crippen molar-refractivity contribution < 1.29 is 12.4 Å². The standard InChI is InChI=1S/C7H13S.ClH/c1-4-6-8(3)7-5-2;/h4-5H,1-2,6-7H2,3H3;1H/q+1;/p-1. The van der Waals surface area contributed by atoms with Crippen molar-refractivity contribution in [1.29, 1.82) is 0 Å². The second-order valence-corrected chi connectivity index (χ2v) is 3.92. The lowest BCUT2D eigenvalue weighted by Crippen LogP contribution is -3.00. The second-order valence-electron chi connectivity index (χ2n) is 1.69. The summed E-state index contributed by atoms with van der Waals surface area (Å²) in [7, 11) is 0.494. The molecule has 0 unspecified atom stereocenters. The third-order valence-corrected chi connectivity index (χ3v) is 2.41. The Kier molecular flexibility index (Phi) is 10.7. The topological polar surface area (TPSA) is 0 Å². The van der Waals surface area contributed by atoms with Crippen LogP contribution in [0.15, 0.2) is 25.3 Å². The third-order valence-electron chi connectivity index (χ3n) is 0.805. The molecule has 0 heterocycles. The van der Waals surface area contributed by atoms with Gasteiger partial charge in [0.25, 0.3) is 0 Å². The normalized spacial score (nSPS) is 8.22. The zero-order chi connectivity index (χ0) is 6.41. The smallest absolute Gasteiger partial charge is 0.126 e. The first-order valence-corrected chi connectivity index (χ1v) is 4.59. The Hall–Kier alpha value is 0.120. The van der Waals surface area contributed by atoms with Crippen LogP contribution in [0.4, 0.5) is 0 Å². The monoisotopic (exact) mass is 164 g/mol. The van der Waals surface area contributed by atoms with Crippen molar-refractivity contribution in [3.63, 3.8) is 0 Å². The van der Waals surface area contributed by atoms with Crippen LogP contribution in [0, 0.1) is 0 Å². The quantitative estimate of drug-likeness (QED) is 0.355. The minimum atomic E-state index is 0. The van der Waals surface area contributed by atoms with Gasteiger partial charge in [0, 0.05) is 0 Å². The van der Waals surface area contributed by atoms with Crippen LogP contribution in [-0.4, -0.2) is 17.8 Å². The van der Waals surface area contributed by atoms with E-state index in [1.54, 1.807) is 0 Å². The fourth-order valence-corrected chi connectivity index (χ4v) is 1.41. The molecule has 0 fully saturated rings. The molecule has 0 aromatic heterocycles. The number of hydrogen-bond donors (Lipinski definition) is 0. The Morgan fingerprint density at radius 1 is 1.22 bits per heavy atom. The molecule has 0 rings (SSSR count). The molecule has 0 aliphatic carbocycles.